The van der Waals surface area contributed by atoms with Crippen molar-refractivity contribution in [1.82, 2.24) is 0 Å². The van der Waals surface area contributed by atoms with Crippen molar-refractivity contribution in [1.29, 1.82) is 5.26 Å². The Morgan fingerprint density at radius 2 is 1.90 bits per heavy atom. The van der Waals surface area contributed by atoms with E-state index in [9.17, 15) is 5.11 Å². The van der Waals surface area contributed by atoms with E-state index in [1.165, 1.54) is 0 Å². The molecule has 3 nitrogen and oxygen atoms in total. The van der Waals surface area contributed by atoms with Crippen LogP contribution in [0, 0.1) is 11.3 Å². The predicted octanol–water partition coefficient (Wildman–Crippen LogP) is 4.25. The van der Waals surface area contributed by atoms with Crippen molar-refractivity contribution < 1.29 is 9.84 Å². The van der Waals surface area contributed by atoms with Crippen LogP contribution in [-0.2, 0) is 0 Å². The van der Waals surface area contributed by atoms with Gasteiger partial charge in [-0.25, -0.2) is 0 Å². The van der Waals surface area contributed by atoms with Gasteiger partial charge in [-0.15, -0.1) is 0 Å². The molecule has 0 spiro atoms. The lowest BCUT2D eigenvalue weighted by molar-refractivity contribution is 0.220. The first kappa shape index (κ1) is 14.1. The third-order valence-corrected chi connectivity index (χ3v) is 2.95. The van der Waals surface area contributed by atoms with E-state index in [0.29, 0.717) is 22.1 Å². The van der Waals surface area contributed by atoms with Crippen molar-refractivity contribution >= 4 is 11.6 Å². The van der Waals surface area contributed by atoms with Gasteiger partial charge in [-0.2, -0.15) is 5.26 Å². The van der Waals surface area contributed by atoms with Crippen molar-refractivity contribution in [2.75, 3.05) is 0 Å². The summed E-state index contributed by atoms with van der Waals surface area (Å²) >= 11 is 5.80. The van der Waals surface area contributed by atoms with Crippen LogP contribution >= 0.6 is 11.6 Å². The van der Waals surface area contributed by atoms with E-state index in [1.54, 1.807) is 48.5 Å². The summed E-state index contributed by atoms with van der Waals surface area (Å²) in [5, 5.41) is 19.3. The van der Waals surface area contributed by atoms with Gasteiger partial charge in [0.25, 0.3) is 0 Å². The molecule has 2 aromatic carbocycles. The highest BCUT2D eigenvalue weighted by Gasteiger charge is 2.12. The van der Waals surface area contributed by atoms with Gasteiger partial charge in [0.2, 0.25) is 0 Å². The second-order valence-electron chi connectivity index (χ2n) is 4.17. The largest absolute Gasteiger partial charge is 0.457 e. The molecule has 0 aliphatic rings. The molecule has 1 unspecified atom stereocenters. The van der Waals surface area contributed by atoms with Gasteiger partial charge < -0.3 is 9.84 Å². The lowest BCUT2D eigenvalue weighted by Gasteiger charge is -2.11. The molecule has 0 heterocycles. The molecule has 2 aromatic rings. The van der Waals surface area contributed by atoms with Crippen LogP contribution < -0.4 is 4.74 Å². The van der Waals surface area contributed by atoms with Gasteiger partial charge in [0, 0.05) is 5.02 Å². The summed E-state index contributed by atoms with van der Waals surface area (Å²) in [6, 6.07) is 15.7. The fourth-order valence-corrected chi connectivity index (χ4v) is 1.78. The molecule has 1 atom stereocenters. The van der Waals surface area contributed by atoms with Gasteiger partial charge in [0.05, 0.1) is 11.6 Å². The van der Waals surface area contributed by atoms with Crippen LogP contribution in [0.3, 0.4) is 0 Å². The minimum Gasteiger partial charge on any atom is -0.457 e. The molecule has 100 valence electrons. The van der Waals surface area contributed by atoms with Crippen LogP contribution in [0.1, 0.15) is 11.7 Å². The number of aliphatic hydroxyl groups is 1. The summed E-state index contributed by atoms with van der Waals surface area (Å²) < 4.78 is 5.66. The maximum Gasteiger partial charge on any atom is 0.127 e. The number of rotatable bonds is 4. The third-order valence-electron chi connectivity index (χ3n) is 2.70. The topological polar surface area (TPSA) is 53.2 Å². The van der Waals surface area contributed by atoms with Crippen molar-refractivity contribution in [2.45, 2.75) is 6.10 Å². The fraction of sp³-hybridized carbons (Fsp3) is 0.0625. The average Bonchev–Trinajstić information content (AvgIpc) is 2.48. The first-order valence-corrected chi connectivity index (χ1v) is 6.28. The number of ether oxygens (including phenoxy) is 1. The molecule has 2 rings (SSSR count). The molecule has 0 aromatic heterocycles. The first-order valence-electron chi connectivity index (χ1n) is 5.90. The lowest BCUT2D eigenvalue weighted by atomic mass is 10.0. The number of halogens is 1. The normalized spacial score (nSPS) is 11.4. The van der Waals surface area contributed by atoms with E-state index in [0.717, 1.165) is 0 Å². The summed E-state index contributed by atoms with van der Waals surface area (Å²) in [5.41, 5.74) is 0.650. The molecule has 1 N–H and O–H groups in total. The summed E-state index contributed by atoms with van der Waals surface area (Å²) in [5.74, 6) is 1.20. The Kier molecular flexibility index (Phi) is 4.41. The second kappa shape index (κ2) is 6.25. The highest BCUT2D eigenvalue weighted by molar-refractivity contribution is 6.30. The van der Waals surface area contributed by atoms with Crippen molar-refractivity contribution in [2.24, 2.45) is 0 Å². The van der Waals surface area contributed by atoms with E-state index in [-0.39, 0.29) is 5.57 Å². The predicted molar refractivity (Wildman–Crippen MR) is 77.7 cm³/mol. The molecule has 0 saturated carbocycles. The molecule has 0 amide bonds. The summed E-state index contributed by atoms with van der Waals surface area (Å²) in [7, 11) is 0. The lowest BCUT2D eigenvalue weighted by Crippen LogP contribution is -1.99. The van der Waals surface area contributed by atoms with Crippen LogP contribution in [0.4, 0.5) is 0 Å². The van der Waals surface area contributed by atoms with Crippen LogP contribution in [0.5, 0.6) is 11.5 Å². The quantitative estimate of drug-likeness (QED) is 0.855. The van der Waals surface area contributed by atoms with Crippen molar-refractivity contribution in [3.05, 3.63) is 71.3 Å². The highest BCUT2D eigenvalue weighted by Crippen LogP contribution is 2.27. The molecule has 0 radical (unpaired) electrons. The first-order chi connectivity index (χ1) is 9.60. The smallest absolute Gasteiger partial charge is 0.127 e. The van der Waals surface area contributed by atoms with Crippen LogP contribution in [0.2, 0.25) is 5.02 Å². The van der Waals surface area contributed by atoms with Crippen LogP contribution in [-0.4, -0.2) is 5.11 Å². The van der Waals surface area contributed by atoms with Gasteiger partial charge in [-0.1, -0.05) is 30.3 Å². The number of aliphatic hydroxyl groups excluding tert-OH is 1. The van der Waals surface area contributed by atoms with Gasteiger partial charge in [-0.05, 0) is 42.0 Å². The minimum atomic E-state index is -1.02. The maximum absolute atomic E-state index is 9.92. The SMILES string of the molecule is C=C(C#N)C(O)c1cccc(Oc2ccc(Cl)cc2)c1. The van der Waals surface area contributed by atoms with Crippen LogP contribution in [0.15, 0.2) is 60.7 Å². The van der Waals surface area contributed by atoms with E-state index in [4.69, 9.17) is 21.6 Å². The monoisotopic (exact) mass is 285 g/mol. The Morgan fingerprint density at radius 3 is 2.55 bits per heavy atom. The number of nitriles is 1. The zero-order valence-corrected chi connectivity index (χ0v) is 11.3. The highest BCUT2D eigenvalue weighted by atomic mass is 35.5. The molecular weight excluding hydrogens is 274 g/mol. The molecule has 0 saturated heterocycles. The molecule has 0 aliphatic carbocycles. The Morgan fingerprint density at radius 1 is 1.20 bits per heavy atom. The standard InChI is InChI=1S/C16H12ClNO2/c1-11(10-18)16(19)12-3-2-4-15(9-12)20-14-7-5-13(17)6-8-14/h2-9,16,19H,1H2. The van der Waals surface area contributed by atoms with Gasteiger partial charge in [0.1, 0.15) is 17.6 Å². The number of hydrogen-bond donors (Lipinski definition) is 1. The van der Waals surface area contributed by atoms with E-state index >= 15 is 0 Å². The van der Waals surface area contributed by atoms with E-state index in [2.05, 4.69) is 6.58 Å². The molecular formula is C16H12ClNO2. The minimum absolute atomic E-state index is 0.0913. The third kappa shape index (κ3) is 3.39. The second-order valence-corrected chi connectivity index (χ2v) is 4.60. The Bertz CT molecular complexity index is 659. The molecule has 20 heavy (non-hydrogen) atoms. The molecule has 4 heteroatoms. The molecule has 0 aliphatic heterocycles. The molecule has 0 bridgehead atoms. The number of benzene rings is 2. The average molecular weight is 286 g/mol. The van der Waals surface area contributed by atoms with Gasteiger partial charge in [-0.3, -0.25) is 0 Å². The fourth-order valence-electron chi connectivity index (χ4n) is 1.65. The number of nitrogens with zero attached hydrogens (tertiary/aromatic N) is 1. The van der Waals surface area contributed by atoms with Gasteiger partial charge >= 0.3 is 0 Å². The summed E-state index contributed by atoms with van der Waals surface area (Å²) in [6.45, 7) is 3.51. The Labute approximate surface area is 122 Å². The maximum atomic E-state index is 9.92. The Hall–Kier alpha value is -2.28. The van der Waals surface area contributed by atoms with Crippen molar-refractivity contribution in [3.8, 4) is 17.6 Å². The van der Waals surface area contributed by atoms with E-state index in [1.807, 2.05) is 6.07 Å². The van der Waals surface area contributed by atoms with E-state index < -0.39 is 6.10 Å². The summed E-state index contributed by atoms with van der Waals surface area (Å²) in [6.07, 6.45) is -1.02. The van der Waals surface area contributed by atoms with Crippen LogP contribution in [0.25, 0.3) is 0 Å². The number of hydrogen-bond acceptors (Lipinski definition) is 3. The Balaban J connectivity index is 2.20. The summed E-state index contributed by atoms with van der Waals surface area (Å²) in [4.78, 5) is 0. The van der Waals surface area contributed by atoms with Gasteiger partial charge in [0.15, 0.2) is 0 Å². The zero-order chi connectivity index (χ0) is 14.5. The van der Waals surface area contributed by atoms with Crippen molar-refractivity contribution in [3.63, 3.8) is 0 Å². The molecule has 0 fully saturated rings. The zero-order valence-electron chi connectivity index (χ0n) is 10.6.